The number of nitrogens with one attached hydrogen (secondary N) is 1. The number of aryl methyl sites for hydroxylation is 2. The van der Waals surface area contributed by atoms with Crippen molar-refractivity contribution in [2.45, 2.75) is 52.2 Å². The van der Waals surface area contributed by atoms with Gasteiger partial charge in [0.15, 0.2) is 11.2 Å². The topological polar surface area (TPSA) is 73.8 Å². The van der Waals surface area contributed by atoms with E-state index in [1.165, 1.54) is 11.6 Å². The van der Waals surface area contributed by atoms with Gasteiger partial charge < -0.3 is 9.88 Å². The van der Waals surface area contributed by atoms with Crippen LogP contribution in [0.1, 0.15) is 32.0 Å². The first-order valence-electron chi connectivity index (χ1n) is 7.94. The lowest BCUT2D eigenvalue weighted by Crippen LogP contribution is -2.39. The lowest BCUT2D eigenvalue weighted by Gasteiger charge is -2.14. The van der Waals surface area contributed by atoms with Crippen LogP contribution in [0.5, 0.6) is 0 Å². The van der Waals surface area contributed by atoms with Crippen molar-refractivity contribution in [1.82, 2.24) is 24.0 Å². The Kier molecular flexibility index (Phi) is 3.90. The van der Waals surface area contributed by atoms with E-state index in [2.05, 4.69) is 10.3 Å². The van der Waals surface area contributed by atoms with Crippen LogP contribution in [-0.4, -0.2) is 31.3 Å². The molecule has 0 radical (unpaired) electrons. The summed E-state index contributed by atoms with van der Waals surface area (Å²) < 4.78 is 4.77. The van der Waals surface area contributed by atoms with E-state index >= 15 is 0 Å². The van der Waals surface area contributed by atoms with E-state index in [9.17, 15) is 9.59 Å². The molecule has 1 aliphatic rings. The Bertz CT molecular complexity index is 808. The van der Waals surface area contributed by atoms with Crippen LogP contribution in [-0.2, 0) is 20.1 Å². The standard InChI is InChI=1S/C15H23N5O2/c1-4-8-19-13-12(14(21)18(3)15(19)22)20(10(2)17-13)9-11-6-5-7-16-11/h11,16H,4-9H2,1-3H3. The van der Waals surface area contributed by atoms with Crippen molar-refractivity contribution < 1.29 is 0 Å². The summed E-state index contributed by atoms with van der Waals surface area (Å²) in [5.74, 6) is 0.788. The number of hydrogen-bond acceptors (Lipinski definition) is 4. The second kappa shape index (κ2) is 5.72. The average Bonchev–Trinajstić information content (AvgIpc) is 3.11. The summed E-state index contributed by atoms with van der Waals surface area (Å²) in [6.45, 7) is 6.23. The number of nitrogens with zero attached hydrogens (tertiary/aromatic N) is 4. The van der Waals surface area contributed by atoms with E-state index in [0.29, 0.717) is 23.8 Å². The van der Waals surface area contributed by atoms with Gasteiger partial charge in [-0.2, -0.15) is 0 Å². The molecular formula is C15H23N5O2. The fraction of sp³-hybridized carbons (Fsp3) is 0.667. The Labute approximate surface area is 128 Å². The summed E-state index contributed by atoms with van der Waals surface area (Å²) in [4.78, 5) is 29.4. The molecule has 0 aromatic carbocycles. The lowest BCUT2D eigenvalue weighted by atomic mass is 10.2. The zero-order chi connectivity index (χ0) is 15.9. The van der Waals surface area contributed by atoms with Crippen LogP contribution in [0.4, 0.5) is 0 Å². The summed E-state index contributed by atoms with van der Waals surface area (Å²) in [5, 5.41) is 3.45. The second-order valence-corrected chi connectivity index (χ2v) is 6.03. The van der Waals surface area contributed by atoms with Gasteiger partial charge in [0, 0.05) is 26.2 Å². The largest absolute Gasteiger partial charge is 0.332 e. The van der Waals surface area contributed by atoms with Gasteiger partial charge in [0.05, 0.1) is 0 Å². The van der Waals surface area contributed by atoms with Gasteiger partial charge in [0.25, 0.3) is 5.56 Å². The van der Waals surface area contributed by atoms with Crippen LogP contribution in [0.2, 0.25) is 0 Å². The normalized spacial score (nSPS) is 18.4. The quantitative estimate of drug-likeness (QED) is 0.885. The van der Waals surface area contributed by atoms with Gasteiger partial charge in [-0.05, 0) is 32.7 Å². The van der Waals surface area contributed by atoms with Gasteiger partial charge in [0.2, 0.25) is 0 Å². The van der Waals surface area contributed by atoms with E-state index in [1.54, 1.807) is 4.57 Å². The Morgan fingerprint density at radius 1 is 1.32 bits per heavy atom. The average molecular weight is 305 g/mol. The fourth-order valence-corrected chi connectivity index (χ4v) is 3.25. The van der Waals surface area contributed by atoms with Gasteiger partial charge in [-0.25, -0.2) is 9.78 Å². The van der Waals surface area contributed by atoms with E-state index < -0.39 is 0 Å². The minimum Gasteiger partial charge on any atom is -0.321 e. The summed E-state index contributed by atoms with van der Waals surface area (Å²) in [7, 11) is 1.54. The Hall–Kier alpha value is -1.89. The smallest absolute Gasteiger partial charge is 0.321 e. The summed E-state index contributed by atoms with van der Waals surface area (Å²) >= 11 is 0. The van der Waals surface area contributed by atoms with Crippen molar-refractivity contribution in [3.05, 3.63) is 26.7 Å². The third kappa shape index (κ3) is 2.29. The molecule has 0 saturated carbocycles. The lowest BCUT2D eigenvalue weighted by molar-refractivity contribution is 0.508. The number of rotatable bonds is 4. The molecule has 0 amide bonds. The highest BCUT2D eigenvalue weighted by Crippen LogP contribution is 2.15. The first-order valence-corrected chi connectivity index (χ1v) is 7.94. The van der Waals surface area contributed by atoms with Crippen LogP contribution in [0, 0.1) is 6.92 Å². The molecule has 7 heteroatoms. The maximum atomic E-state index is 12.6. The molecule has 2 aromatic rings. The van der Waals surface area contributed by atoms with Crippen molar-refractivity contribution in [3.8, 4) is 0 Å². The maximum Gasteiger partial charge on any atom is 0.332 e. The second-order valence-electron chi connectivity index (χ2n) is 6.03. The number of hydrogen-bond donors (Lipinski definition) is 1. The third-order valence-electron chi connectivity index (χ3n) is 4.43. The monoisotopic (exact) mass is 305 g/mol. The third-order valence-corrected chi connectivity index (χ3v) is 4.43. The molecule has 0 bridgehead atoms. The molecule has 3 heterocycles. The van der Waals surface area contributed by atoms with Gasteiger partial charge >= 0.3 is 5.69 Å². The molecule has 7 nitrogen and oxygen atoms in total. The van der Waals surface area contributed by atoms with Gasteiger partial charge in [-0.1, -0.05) is 6.92 Å². The molecule has 1 atom stereocenters. The minimum atomic E-state index is -0.289. The molecule has 1 unspecified atom stereocenters. The molecule has 0 aliphatic carbocycles. The van der Waals surface area contributed by atoms with Crippen LogP contribution in [0.25, 0.3) is 11.2 Å². The first kappa shape index (κ1) is 15.0. The molecule has 3 rings (SSSR count). The van der Waals surface area contributed by atoms with Crippen LogP contribution >= 0.6 is 0 Å². The van der Waals surface area contributed by atoms with Crippen molar-refractivity contribution in [2.75, 3.05) is 6.54 Å². The van der Waals surface area contributed by atoms with Crippen molar-refractivity contribution in [3.63, 3.8) is 0 Å². The molecule has 0 spiro atoms. The van der Waals surface area contributed by atoms with Crippen molar-refractivity contribution in [2.24, 2.45) is 7.05 Å². The first-order chi connectivity index (χ1) is 10.5. The predicted molar refractivity (Wildman–Crippen MR) is 85.3 cm³/mol. The van der Waals surface area contributed by atoms with Gasteiger partial charge in [-0.15, -0.1) is 0 Å². The fourth-order valence-electron chi connectivity index (χ4n) is 3.25. The zero-order valence-corrected chi connectivity index (χ0v) is 13.4. The highest BCUT2D eigenvalue weighted by molar-refractivity contribution is 5.71. The van der Waals surface area contributed by atoms with Crippen molar-refractivity contribution in [1.29, 1.82) is 0 Å². The number of imidazole rings is 1. The molecule has 1 aliphatic heterocycles. The molecule has 120 valence electrons. The van der Waals surface area contributed by atoms with Crippen LogP contribution < -0.4 is 16.6 Å². The summed E-state index contributed by atoms with van der Waals surface area (Å²) in [6.07, 6.45) is 3.09. The van der Waals surface area contributed by atoms with E-state index in [0.717, 1.165) is 38.2 Å². The molecule has 22 heavy (non-hydrogen) atoms. The highest BCUT2D eigenvalue weighted by Gasteiger charge is 2.21. The van der Waals surface area contributed by atoms with Crippen molar-refractivity contribution >= 4 is 11.2 Å². The molecule has 1 saturated heterocycles. The number of aromatic nitrogens is 4. The summed E-state index contributed by atoms with van der Waals surface area (Å²) in [6, 6.07) is 0.368. The molecule has 1 fully saturated rings. The maximum absolute atomic E-state index is 12.6. The van der Waals surface area contributed by atoms with Gasteiger partial charge in [0.1, 0.15) is 5.82 Å². The zero-order valence-electron chi connectivity index (χ0n) is 13.4. The Balaban J connectivity index is 2.23. The minimum absolute atomic E-state index is 0.258. The predicted octanol–water partition coefficient (Wildman–Crippen LogP) is 0.367. The SMILES string of the molecule is CCCn1c(=O)n(C)c(=O)c2c1nc(C)n2CC1CCCN1. The van der Waals surface area contributed by atoms with Crippen LogP contribution in [0.3, 0.4) is 0 Å². The Morgan fingerprint density at radius 2 is 2.09 bits per heavy atom. The van der Waals surface area contributed by atoms with E-state index in [-0.39, 0.29) is 11.2 Å². The van der Waals surface area contributed by atoms with Crippen LogP contribution in [0.15, 0.2) is 9.59 Å². The highest BCUT2D eigenvalue weighted by atomic mass is 16.2. The molecule has 2 aromatic heterocycles. The van der Waals surface area contributed by atoms with Gasteiger partial charge in [-0.3, -0.25) is 13.9 Å². The Morgan fingerprint density at radius 3 is 2.73 bits per heavy atom. The molecule has 1 N–H and O–H groups in total. The van der Waals surface area contributed by atoms with E-state index in [1.807, 2.05) is 18.4 Å². The summed E-state index contributed by atoms with van der Waals surface area (Å²) in [5.41, 5.74) is 0.515. The number of fused-ring (bicyclic) bond motifs is 1. The van der Waals surface area contributed by atoms with E-state index in [4.69, 9.17) is 0 Å². The molecular weight excluding hydrogens is 282 g/mol.